The Kier molecular flexibility index (Phi) is 11.4. The first-order chi connectivity index (χ1) is 11.0. The molecule has 0 spiro atoms. The SMILES string of the molecule is CC(C)(CCCCO)CCCCOCCCCC(C)(C)S(N)(=O)=O. The molecule has 0 bridgehead atoms. The Balaban J connectivity index is 3.58. The molecule has 0 saturated heterocycles. The molecule has 6 heteroatoms. The van der Waals surface area contributed by atoms with Crippen LogP contribution in [0.5, 0.6) is 0 Å². The van der Waals surface area contributed by atoms with Crippen molar-refractivity contribution in [2.75, 3.05) is 19.8 Å². The Bertz CT molecular complexity index is 419. The lowest BCUT2D eigenvalue weighted by Crippen LogP contribution is -2.37. The van der Waals surface area contributed by atoms with Crippen LogP contribution in [0.1, 0.15) is 85.5 Å². The van der Waals surface area contributed by atoms with E-state index in [0.717, 1.165) is 51.6 Å². The van der Waals surface area contributed by atoms with E-state index in [-0.39, 0.29) is 6.61 Å². The van der Waals surface area contributed by atoms with E-state index in [0.29, 0.717) is 18.4 Å². The highest BCUT2D eigenvalue weighted by molar-refractivity contribution is 7.90. The van der Waals surface area contributed by atoms with E-state index in [1.807, 2.05) is 0 Å². The van der Waals surface area contributed by atoms with E-state index in [1.165, 1.54) is 6.42 Å². The second-order valence-electron chi connectivity index (χ2n) is 8.18. The van der Waals surface area contributed by atoms with Gasteiger partial charge < -0.3 is 9.84 Å². The summed E-state index contributed by atoms with van der Waals surface area (Å²) in [4.78, 5) is 0. The number of hydrogen-bond acceptors (Lipinski definition) is 4. The van der Waals surface area contributed by atoms with Crippen molar-refractivity contribution in [3.05, 3.63) is 0 Å². The van der Waals surface area contributed by atoms with Gasteiger partial charge in [-0.05, 0) is 64.2 Å². The fourth-order valence-corrected chi connectivity index (χ4v) is 3.08. The first kappa shape index (κ1) is 23.8. The number of aliphatic hydroxyl groups is 1. The van der Waals surface area contributed by atoms with Gasteiger partial charge in [0.1, 0.15) is 0 Å². The number of unbranched alkanes of at least 4 members (excludes halogenated alkanes) is 3. The van der Waals surface area contributed by atoms with Crippen LogP contribution in [0.2, 0.25) is 0 Å². The van der Waals surface area contributed by atoms with Crippen molar-refractivity contribution in [1.29, 1.82) is 0 Å². The number of aliphatic hydroxyl groups excluding tert-OH is 1. The molecule has 0 fully saturated rings. The summed E-state index contributed by atoms with van der Waals surface area (Å²) in [5.74, 6) is 0. The van der Waals surface area contributed by atoms with Crippen molar-refractivity contribution in [2.24, 2.45) is 10.6 Å². The van der Waals surface area contributed by atoms with Gasteiger partial charge >= 0.3 is 0 Å². The van der Waals surface area contributed by atoms with Crippen LogP contribution in [0.25, 0.3) is 0 Å². The quantitative estimate of drug-likeness (QED) is 0.434. The van der Waals surface area contributed by atoms with E-state index in [2.05, 4.69) is 13.8 Å². The van der Waals surface area contributed by atoms with Crippen LogP contribution in [-0.4, -0.2) is 38.1 Å². The maximum absolute atomic E-state index is 11.4. The number of rotatable bonds is 15. The van der Waals surface area contributed by atoms with E-state index >= 15 is 0 Å². The summed E-state index contributed by atoms with van der Waals surface area (Å²) in [6.07, 6.45) is 8.79. The molecule has 0 atom stereocenters. The van der Waals surface area contributed by atoms with E-state index in [9.17, 15) is 8.42 Å². The summed E-state index contributed by atoms with van der Waals surface area (Å²) in [5.41, 5.74) is 0.342. The minimum atomic E-state index is -3.48. The molecule has 146 valence electrons. The maximum Gasteiger partial charge on any atom is 0.214 e. The van der Waals surface area contributed by atoms with E-state index in [1.54, 1.807) is 13.8 Å². The molecule has 0 aromatic rings. The lowest BCUT2D eigenvalue weighted by molar-refractivity contribution is 0.122. The highest BCUT2D eigenvalue weighted by Crippen LogP contribution is 2.29. The predicted octanol–water partition coefficient (Wildman–Crippen LogP) is 3.60. The second kappa shape index (κ2) is 11.4. The molecule has 0 aromatic carbocycles. The zero-order valence-electron chi connectivity index (χ0n) is 16.1. The molecule has 0 heterocycles. The van der Waals surface area contributed by atoms with Gasteiger partial charge in [-0.1, -0.05) is 26.7 Å². The van der Waals surface area contributed by atoms with Crippen molar-refractivity contribution >= 4 is 10.0 Å². The molecular weight excluding hydrogens is 326 g/mol. The van der Waals surface area contributed by atoms with Crippen LogP contribution in [0.4, 0.5) is 0 Å². The minimum Gasteiger partial charge on any atom is -0.396 e. The monoisotopic (exact) mass is 365 g/mol. The molecule has 3 N–H and O–H groups in total. The van der Waals surface area contributed by atoms with Gasteiger partial charge in [-0.2, -0.15) is 0 Å². The summed E-state index contributed by atoms with van der Waals surface area (Å²) >= 11 is 0. The molecule has 5 nitrogen and oxygen atoms in total. The Labute approximate surface area is 149 Å². The molecule has 0 amide bonds. The molecule has 0 aliphatic carbocycles. The first-order valence-corrected chi connectivity index (χ1v) is 10.8. The highest BCUT2D eigenvalue weighted by atomic mass is 32.2. The molecule has 0 saturated carbocycles. The Morgan fingerprint density at radius 3 is 1.75 bits per heavy atom. The number of hydrogen-bond donors (Lipinski definition) is 2. The Morgan fingerprint density at radius 2 is 1.29 bits per heavy atom. The summed E-state index contributed by atoms with van der Waals surface area (Å²) in [7, 11) is -3.48. The lowest BCUT2D eigenvalue weighted by atomic mass is 9.82. The third-order valence-electron chi connectivity index (χ3n) is 4.74. The standard InChI is InChI=1S/C18H39NO4S/c1-17(2,11-5-8-14-20)12-6-9-15-23-16-10-7-13-18(3,4)24(19,21)22/h20H,5-16H2,1-4H3,(H2,19,21,22). The van der Waals surface area contributed by atoms with Crippen molar-refractivity contribution in [2.45, 2.75) is 90.2 Å². The zero-order valence-corrected chi connectivity index (χ0v) is 17.0. The number of primary sulfonamides is 1. The predicted molar refractivity (Wildman–Crippen MR) is 100 cm³/mol. The van der Waals surface area contributed by atoms with Gasteiger partial charge in [0.05, 0.1) is 4.75 Å². The molecule has 0 aliphatic heterocycles. The van der Waals surface area contributed by atoms with E-state index in [4.69, 9.17) is 15.0 Å². The topological polar surface area (TPSA) is 89.6 Å². The smallest absolute Gasteiger partial charge is 0.214 e. The van der Waals surface area contributed by atoms with Gasteiger partial charge in [-0.25, -0.2) is 13.6 Å². The average Bonchev–Trinajstić information content (AvgIpc) is 2.44. The number of ether oxygens (including phenoxy) is 1. The van der Waals surface area contributed by atoms with Crippen LogP contribution >= 0.6 is 0 Å². The van der Waals surface area contributed by atoms with Gasteiger partial charge in [0, 0.05) is 19.8 Å². The summed E-state index contributed by atoms with van der Waals surface area (Å²) in [6.45, 7) is 9.66. The first-order valence-electron chi connectivity index (χ1n) is 9.23. The van der Waals surface area contributed by atoms with Gasteiger partial charge in [-0.15, -0.1) is 0 Å². The van der Waals surface area contributed by atoms with Crippen molar-refractivity contribution in [3.63, 3.8) is 0 Å². The third kappa shape index (κ3) is 11.4. The number of nitrogens with two attached hydrogens (primary N) is 1. The van der Waals surface area contributed by atoms with Crippen LogP contribution in [0.15, 0.2) is 0 Å². The maximum atomic E-state index is 11.4. The minimum absolute atomic E-state index is 0.290. The Morgan fingerprint density at radius 1 is 0.833 bits per heavy atom. The lowest BCUT2D eigenvalue weighted by Gasteiger charge is -2.24. The van der Waals surface area contributed by atoms with Gasteiger partial charge in [0.2, 0.25) is 10.0 Å². The fraction of sp³-hybridized carbons (Fsp3) is 1.00. The number of sulfonamides is 1. The molecule has 0 unspecified atom stereocenters. The van der Waals surface area contributed by atoms with Crippen molar-refractivity contribution in [3.8, 4) is 0 Å². The molecule has 0 aromatic heterocycles. The molecule has 24 heavy (non-hydrogen) atoms. The van der Waals surface area contributed by atoms with Crippen LogP contribution < -0.4 is 5.14 Å². The zero-order chi connectivity index (χ0) is 18.7. The third-order valence-corrected chi connectivity index (χ3v) is 6.49. The van der Waals surface area contributed by atoms with Crippen molar-refractivity contribution < 1.29 is 18.3 Å². The van der Waals surface area contributed by atoms with Crippen LogP contribution in [0.3, 0.4) is 0 Å². The largest absolute Gasteiger partial charge is 0.396 e. The van der Waals surface area contributed by atoms with Crippen LogP contribution in [-0.2, 0) is 14.8 Å². The fourth-order valence-electron chi connectivity index (χ4n) is 2.65. The van der Waals surface area contributed by atoms with Gasteiger partial charge in [-0.3, -0.25) is 0 Å². The van der Waals surface area contributed by atoms with E-state index < -0.39 is 14.8 Å². The normalized spacial score (nSPS) is 13.4. The summed E-state index contributed by atoms with van der Waals surface area (Å²) in [5, 5.41) is 14.0. The van der Waals surface area contributed by atoms with Gasteiger partial charge in [0.25, 0.3) is 0 Å². The summed E-state index contributed by atoms with van der Waals surface area (Å²) in [6, 6.07) is 0. The molecule has 0 radical (unpaired) electrons. The average molecular weight is 366 g/mol. The van der Waals surface area contributed by atoms with Gasteiger partial charge in [0.15, 0.2) is 0 Å². The molecular formula is C18H39NO4S. The molecule has 0 aliphatic rings. The molecule has 0 rings (SSSR count). The second-order valence-corrected chi connectivity index (χ2v) is 10.4. The summed E-state index contributed by atoms with van der Waals surface area (Å²) < 4.78 is 27.6. The Hall–Kier alpha value is -0.170. The van der Waals surface area contributed by atoms with Crippen molar-refractivity contribution in [1.82, 2.24) is 0 Å². The van der Waals surface area contributed by atoms with Crippen LogP contribution in [0, 0.1) is 5.41 Å². The highest BCUT2D eigenvalue weighted by Gasteiger charge is 2.29.